The summed E-state index contributed by atoms with van der Waals surface area (Å²) in [6, 6.07) is 6.69. The fraction of sp³-hybridized carbons (Fsp3) is 0.467. The first kappa shape index (κ1) is 14.7. The molecule has 20 heavy (non-hydrogen) atoms. The zero-order valence-corrected chi connectivity index (χ0v) is 12.2. The third kappa shape index (κ3) is 4.13. The number of nitrogens with zero attached hydrogens (tertiary/aromatic N) is 3. The van der Waals surface area contributed by atoms with E-state index in [0.29, 0.717) is 6.54 Å². The summed E-state index contributed by atoms with van der Waals surface area (Å²) in [5.74, 6) is -0.185. The van der Waals surface area contributed by atoms with E-state index in [1.165, 1.54) is 6.07 Å². The van der Waals surface area contributed by atoms with Gasteiger partial charge in [0.25, 0.3) is 0 Å². The van der Waals surface area contributed by atoms with Gasteiger partial charge in [-0.2, -0.15) is 0 Å². The first-order valence-corrected chi connectivity index (χ1v) is 6.82. The molecule has 1 N–H and O–H groups in total. The predicted molar refractivity (Wildman–Crippen MR) is 76.8 cm³/mol. The smallest absolute Gasteiger partial charge is 0.123 e. The minimum Gasteiger partial charge on any atom is -0.311 e. The van der Waals surface area contributed by atoms with Crippen molar-refractivity contribution >= 4 is 0 Å². The van der Waals surface area contributed by atoms with Gasteiger partial charge in [-0.1, -0.05) is 17.3 Å². The third-order valence-corrected chi connectivity index (χ3v) is 3.01. The summed E-state index contributed by atoms with van der Waals surface area (Å²) in [7, 11) is 0. The molecular weight excluding hydrogens is 255 g/mol. The highest BCUT2D eigenvalue weighted by Crippen LogP contribution is 2.11. The van der Waals surface area contributed by atoms with Crippen molar-refractivity contribution in [2.75, 3.05) is 6.54 Å². The Balaban J connectivity index is 1.77. The number of hydrogen-bond donors (Lipinski definition) is 1. The average Bonchev–Trinajstić information content (AvgIpc) is 2.83. The van der Waals surface area contributed by atoms with Gasteiger partial charge in [-0.3, -0.25) is 0 Å². The van der Waals surface area contributed by atoms with Gasteiger partial charge in [-0.15, -0.1) is 5.10 Å². The van der Waals surface area contributed by atoms with Crippen LogP contribution in [0, 0.1) is 5.82 Å². The summed E-state index contributed by atoms with van der Waals surface area (Å²) in [4.78, 5) is 0. The predicted octanol–water partition coefficient (Wildman–Crippen LogP) is 2.50. The number of benzene rings is 1. The van der Waals surface area contributed by atoms with Crippen molar-refractivity contribution in [2.45, 2.75) is 39.3 Å². The first-order valence-electron chi connectivity index (χ1n) is 6.82. The van der Waals surface area contributed by atoms with E-state index < -0.39 is 0 Å². The van der Waals surface area contributed by atoms with Crippen LogP contribution in [0.25, 0.3) is 0 Å². The van der Waals surface area contributed by atoms with Crippen LogP contribution in [0.5, 0.6) is 0 Å². The van der Waals surface area contributed by atoms with Crippen LogP contribution in [-0.2, 0) is 18.5 Å². The lowest BCUT2D eigenvalue weighted by Crippen LogP contribution is -2.22. The molecule has 0 spiro atoms. The number of rotatable bonds is 5. The van der Waals surface area contributed by atoms with Gasteiger partial charge in [0, 0.05) is 6.54 Å². The van der Waals surface area contributed by atoms with E-state index in [1.807, 2.05) is 16.9 Å². The molecule has 2 rings (SSSR count). The van der Waals surface area contributed by atoms with Gasteiger partial charge in [0.15, 0.2) is 0 Å². The van der Waals surface area contributed by atoms with Crippen molar-refractivity contribution in [1.29, 1.82) is 0 Å². The van der Waals surface area contributed by atoms with Crippen molar-refractivity contribution in [2.24, 2.45) is 0 Å². The SMILES string of the molecule is CC(C)(C)n1cc(CNCCc2cccc(F)c2)nn1. The maximum Gasteiger partial charge on any atom is 0.123 e. The van der Waals surface area contributed by atoms with Crippen LogP contribution in [0.4, 0.5) is 4.39 Å². The molecule has 0 amide bonds. The molecule has 4 nitrogen and oxygen atoms in total. The summed E-state index contributed by atoms with van der Waals surface area (Å²) in [5, 5.41) is 11.5. The van der Waals surface area contributed by atoms with Crippen LogP contribution in [-0.4, -0.2) is 21.5 Å². The molecule has 0 saturated carbocycles. The standard InChI is InChI=1S/C15H21FN4/c1-15(2,3)20-11-14(18-19-20)10-17-8-7-12-5-4-6-13(16)9-12/h4-6,9,11,17H,7-8,10H2,1-3H3. The Kier molecular flexibility index (Phi) is 4.49. The van der Waals surface area contributed by atoms with Crippen molar-refractivity contribution in [1.82, 2.24) is 20.3 Å². The van der Waals surface area contributed by atoms with Gasteiger partial charge in [0.2, 0.25) is 0 Å². The Bertz CT molecular complexity index is 557. The van der Waals surface area contributed by atoms with Crippen LogP contribution in [0.3, 0.4) is 0 Å². The molecule has 0 unspecified atom stereocenters. The Morgan fingerprint density at radius 1 is 1.30 bits per heavy atom. The second-order valence-electron chi connectivity index (χ2n) is 5.88. The van der Waals surface area contributed by atoms with E-state index in [4.69, 9.17) is 0 Å². The highest BCUT2D eigenvalue weighted by molar-refractivity contribution is 5.16. The molecule has 1 heterocycles. The number of aromatic nitrogens is 3. The third-order valence-electron chi connectivity index (χ3n) is 3.01. The molecule has 0 radical (unpaired) electrons. The quantitative estimate of drug-likeness (QED) is 0.853. The van der Waals surface area contributed by atoms with E-state index in [1.54, 1.807) is 12.1 Å². The van der Waals surface area contributed by atoms with Crippen LogP contribution in [0.15, 0.2) is 30.5 Å². The maximum atomic E-state index is 13.0. The second kappa shape index (κ2) is 6.13. The first-order chi connectivity index (χ1) is 9.45. The van der Waals surface area contributed by atoms with Crippen LogP contribution in [0.2, 0.25) is 0 Å². The van der Waals surface area contributed by atoms with Gasteiger partial charge in [0.05, 0.1) is 17.4 Å². The lowest BCUT2D eigenvalue weighted by Gasteiger charge is -2.17. The van der Waals surface area contributed by atoms with Crippen LogP contribution in [0.1, 0.15) is 32.0 Å². The van der Waals surface area contributed by atoms with Gasteiger partial charge in [0.1, 0.15) is 5.82 Å². The van der Waals surface area contributed by atoms with Gasteiger partial charge in [-0.05, 0) is 51.4 Å². The summed E-state index contributed by atoms with van der Waals surface area (Å²) in [6.45, 7) is 7.71. The molecule has 0 aliphatic heterocycles. The van der Waals surface area contributed by atoms with E-state index in [2.05, 4.69) is 36.4 Å². The lowest BCUT2D eigenvalue weighted by molar-refractivity contribution is 0.347. The molecular formula is C15H21FN4. The van der Waals surface area contributed by atoms with Gasteiger partial charge in [-0.25, -0.2) is 9.07 Å². The molecule has 0 aliphatic rings. The summed E-state index contributed by atoms with van der Waals surface area (Å²) in [5.41, 5.74) is 1.86. The lowest BCUT2D eigenvalue weighted by atomic mass is 10.1. The average molecular weight is 276 g/mol. The van der Waals surface area contributed by atoms with E-state index in [0.717, 1.165) is 24.2 Å². The molecule has 0 fully saturated rings. The van der Waals surface area contributed by atoms with Crippen LogP contribution >= 0.6 is 0 Å². The molecule has 0 saturated heterocycles. The van der Waals surface area contributed by atoms with Gasteiger partial charge < -0.3 is 5.32 Å². The minimum absolute atomic E-state index is 0.0488. The van der Waals surface area contributed by atoms with E-state index in [9.17, 15) is 4.39 Å². The molecule has 0 aliphatic carbocycles. The maximum absolute atomic E-state index is 13.0. The minimum atomic E-state index is -0.185. The molecule has 2 aromatic rings. The summed E-state index contributed by atoms with van der Waals surface area (Å²) < 4.78 is 14.9. The van der Waals surface area contributed by atoms with Crippen LogP contribution < -0.4 is 5.32 Å². The molecule has 1 aromatic heterocycles. The molecule has 0 bridgehead atoms. The zero-order valence-electron chi connectivity index (χ0n) is 12.2. The normalized spacial score (nSPS) is 11.8. The fourth-order valence-corrected chi connectivity index (χ4v) is 1.85. The Morgan fingerprint density at radius 2 is 2.10 bits per heavy atom. The fourth-order valence-electron chi connectivity index (χ4n) is 1.85. The van der Waals surface area contributed by atoms with Gasteiger partial charge >= 0.3 is 0 Å². The molecule has 1 aromatic carbocycles. The molecule has 108 valence electrons. The number of nitrogens with one attached hydrogen (secondary N) is 1. The Hall–Kier alpha value is -1.75. The highest BCUT2D eigenvalue weighted by Gasteiger charge is 2.14. The monoisotopic (exact) mass is 276 g/mol. The summed E-state index contributed by atoms with van der Waals surface area (Å²) in [6.07, 6.45) is 2.75. The van der Waals surface area contributed by atoms with E-state index in [-0.39, 0.29) is 11.4 Å². The topological polar surface area (TPSA) is 42.7 Å². The van der Waals surface area contributed by atoms with Crippen molar-refractivity contribution in [3.63, 3.8) is 0 Å². The van der Waals surface area contributed by atoms with E-state index >= 15 is 0 Å². The van der Waals surface area contributed by atoms with Crippen molar-refractivity contribution in [3.8, 4) is 0 Å². The van der Waals surface area contributed by atoms with Crippen molar-refractivity contribution in [3.05, 3.63) is 47.5 Å². The van der Waals surface area contributed by atoms with Crippen molar-refractivity contribution < 1.29 is 4.39 Å². The summed E-state index contributed by atoms with van der Waals surface area (Å²) >= 11 is 0. The Labute approximate surface area is 119 Å². The Morgan fingerprint density at radius 3 is 2.75 bits per heavy atom. The highest BCUT2D eigenvalue weighted by atomic mass is 19.1. The largest absolute Gasteiger partial charge is 0.311 e. The number of halogens is 1. The number of hydrogen-bond acceptors (Lipinski definition) is 3. The molecule has 5 heteroatoms. The molecule has 0 atom stereocenters. The zero-order chi connectivity index (χ0) is 14.6. The second-order valence-corrected chi connectivity index (χ2v) is 5.88.